The molecule has 3 N–H and O–H groups in total. The average molecular weight is 414 g/mol. The van der Waals surface area contributed by atoms with Crippen LogP contribution >= 0.6 is 0 Å². The van der Waals surface area contributed by atoms with Gasteiger partial charge in [-0.15, -0.1) is 0 Å². The molecular formula is C23H22N6O2. The van der Waals surface area contributed by atoms with Gasteiger partial charge in [-0.3, -0.25) is 14.9 Å². The minimum atomic E-state index is -0.273. The molecule has 0 saturated heterocycles. The van der Waals surface area contributed by atoms with Crippen molar-refractivity contribution in [1.82, 2.24) is 30.4 Å². The van der Waals surface area contributed by atoms with Crippen LogP contribution in [0.5, 0.6) is 0 Å². The van der Waals surface area contributed by atoms with Crippen LogP contribution in [0.1, 0.15) is 24.1 Å². The Hall–Kier alpha value is -4.20. The molecule has 0 aliphatic rings. The van der Waals surface area contributed by atoms with Crippen molar-refractivity contribution in [2.45, 2.75) is 19.5 Å². The van der Waals surface area contributed by atoms with E-state index in [-0.39, 0.29) is 17.6 Å². The van der Waals surface area contributed by atoms with Crippen LogP contribution in [0, 0.1) is 0 Å². The van der Waals surface area contributed by atoms with Gasteiger partial charge in [-0.1, -0.05) is 36.4 Å². The van der Waals surface area contributed by atoms with Gasteiger partial charge in [0.15, 0.2) is 5.82 Å². The third kappa shape index (κ3) is 4.69. The van der Waals surface area contributed by atoms with Gasteiger partial charge in [0.1, 0.15) is 0 Å². The number of aromatic amines is 1. The lowest BCUT2D eigenvalue weighted by Gasteiger charge is -2.15. The van der Waals surface area contributed by atoms with E-state index >= 15 is 0 Å². The van der Waals surface area contributed by atoms with Gasteiger partial charge in [-0.2, -0.15) is 0 Å². The van der Waals surface area contributed by atoms with Gasteiger partial charge in [-0.25, -0.2) is 14.5 Å². The van der Waals surface area contributed by atoms with E-state index in [1.807, 2.05) is 43.3 Å². The summed E-state index contributed by atoms with van der Waals surface area (Å²) in [5.74, 6) is 0.442. The Morgan fingerprint density at radius 3 is 2.74 bits per heavy atom. The number of pyridine rings is 2. The molecule has 0 radical (unpaired) electrons. The number of nitrogens with one attached hydrogen (secondary N) is 3. The molecule has 31 heavy (non-hydrogen) atoms. The van der Waals surface area contributed by atoms with Crippen LogP contribution in [-0.2, 0) is 6.54 Å². The molecule has 3 aromatic heterocycles. The molecule has 0 aliphatic carbocycles. The highest BCUT2D eigenvalue weighted by molar-refractivity contribution is 5.74. The summed E-state index contributed by atoms with van der Waals surface area (Å²) in [6, 6.07) is 16.5. The number of hydrogen-bond acceptors (Lipinski definition) is 4. The maximum absolute atomic E-state index is 12.8. The highest BCUT2D eigenvalue weighted by atomic mass is 16.2. The van der Waals surface area contributed by atoms with Gasteiger partial charge >= 0.3 is 6.03 Å². The molecule has 0 saturated carbocycles. The molecule has 0 spiro atoms. The number of urea groups is 1. The van der Waals surface area contributed by atoms with E-state index in [0.717, 1.165) is 16.7 Å². The maximum Gasteiger partial charge on any atom is 0.315 e. The maximum atomic E-state index is 12.8. The van der Waals surface area contributed by atoms with Crippen molar-refractivity contribution in [1.29, 1.82) is 0 Å². The molecule has 0 unspecified atom stereocenters. The number of aromatic nitrogens is 4. The summed E-state index contributed by atoms with van der Waals surface area (Å²) in [7, 11) is 0. The largest absolute Gasteiger partial charge is 0.334 e. The Bertz CT molecular complexity index is 1220. The third-order valence-corrected chi connectivity index (χ3v) is 4.88. The predicted octanol–water partition coefficient (Wildman–Crippen LogP) is 3.18. The molecule has 4 aromatic rings. The Balaban J connectivity index is 1.43. The minimum Gasteiger partial charge on any atom is -0.334 e. The second-order valence-corrected chi connectivity index (χ2v) is 7.05. The molecule has 2 amide bonds. The van der Waals surface area contributed by atoms with Crippen molar-refractivity contribution in [2.75, 3.05) is 0 Å². The number of nitrogens with zero attached hydrogens (tertiary/aromatic N) is 3. The van der Waals surface area contributed by atoms with Gasteiger partial charge in [-0.05, 0) is 36.2 Å². The SMILES string of the molecule is C[C@@H](NC(=O)NCc1ccnc(-n2[nH]cc(-c3cccnc3)c2=O)c1)c1ccccc1. The summed E-state index contributed by atoms with van der Waals surface area (Å²) in [6.07, 6.45) is 6.53. The summed E-state index contributed by atoms with van der Waals surface area (Å²) in [5, 5.41) is 8.69. The first-order valence-corrected chi connectivity index (χ1v) is 9.87. The number of H-pyrrole nitrogens is 1. The van der Waals surface area contributed by atoms with Crippen molar-refractivity contribution < 1.29 is 4.79 Å². The third-order valence-electron chi connectivity index (χ3n) is 4.88. The fraction of sp³-hybridized carbons (Fsp3) is 0.130. The minimum absolute atomic E-state index is 0.113. The molecule has 0 fully saturated rings. The number of carbonyl (C=O) groups excluding carboxylic acids is 1. The lowest BCUT2D eigenvalue weighted by Crippen LogP contribution is -2.36. The molecule has 0 bridgehead atoms. The second-order valence-electron chi connectivity index (χ2n) is 7.05. The van der Waals surface area contributed by atoms with Crippen LogP contribution in [0.4, 0.5) is 4.79 Å². The molecule has 8 heteroatoms. The summed E-state index contributed by atoms with van der Waals surface area (Å²) >= 11 is 0. The summed E-state index contributed by atoms with van der Waals surface area (Å²) < 4.78 is 1.36. The number of amides is 2. The Kier molecular flexibility index (Phi) is 5.89. The van der Waals surface area contributed by atoms with Gasteiger partial charge in [0.05, 0.1) is 11.6 Å². The van der Waals surface area contributed by atoms with E-state index in [9.17, 15) is 9.59 Å². The Labute approximate surface area is 179 Å². The van der Waals surface area contributed by atoms with E-state index in [4.69, 9.17) is 0 Å². The molecule has 1 atom stereocenters. The van der Waals surface area contributed by atoms with Crippen LogP contribution in [0.3, 0.4) is 0 Å². The van der Waals surface area contributed by atoms with Crippen molar-refractivity contribution in [2.24, 2.45) is 0 Å². The highest BCUT2D eigenvalue weighted by Crippen LogP contribution is 2.14. The topological polar surface area (TPSA) is 105 Å². The van der Waals surface area contributed by atoms with E-state index in [1.165, 1.54) is 4.68 Å². The van der Waals surface area contributed by atoms with Crippen LogP contribution in [0.25, 0.3) is 16.9 Å². The van der Waals surface area contributed by atoms with Crippen LogP contribution in [0.2, 0.25) is 0 Å². The zero-order valence-electron chi connectivity index (χ0n) is 16.9. The Morgan fingerprint density at radius 1 is 1.13 bits per heavy atom. The molecule has 0 aliphatic heterocycles. The van der Waals surface area contributed by atoms with Crippen molar-refractivity contribution in [3.8, 4) is 16.9 Å². The standard InChI is InChI=1S/C23H22N6O2/c1-16(18-6-3-2-4-7-18)28-23(31)26-13-17-9-11-25-21(12-17)29-22(30)20(15-27-29)19-8-5-10-24-14-19/h2-12,14-16,27H,13H2,1H3,(H2,26,28,31)/t16-/m1/s1. The zero-order chi connectivity index (χ0) is 21.6. The molecular weight excluding hydrogens is 392 g/mol. The first-order valence-electron chi connectivity index (χ1n) is 9.87. The van der Waals surface area contributed by atoms with Crippen LogP contribution < -0.4 is 16.2 Å². The molecule has 4 rings (SSSR count). The van der Waals surface area contributed by atoms with E-state index in [2.05, 4.69) is 25.7 Å². The second kappa shape index (κ2) is 9.08. The average Bonchev–Trinajstić information content (AvgIpc) is 3.20. The molecule has 3 heterocycles. The lowest BCUT2D eigenvalue weighted by atomic mass is 10.1. The first-order chi connectivity index (χ1) is 15.1. The summed E-state index contributed by atoms with van der Waals surface area (Å²) in [5.41, 5.74) is 2.86. The predicted molar refractivity (Wildman–Crippen MR) is 118 cm³/mol. The van der Waals surface area contributed by atoms with Gasteiger partial charge in [0.25, 0.3) is 5.56 Å². The van der Waals surface area contributed by atoms with E-state index in [1.54, 1.807) is 43.0 Å². The van der Waals surface area contributed by atoms with E-state index in [0.29, 0.717) is 17.9 Å². The van der Waals surface area contributed by atoms with E-state index < -0.39 is 0 Å². The number of benzene rings is 1. The Morgan fingerprint density at radius 2 is 1.97 bits per heavy atom. The quantitative estimate of drug-likeness (QED) is 0.451. The number of carbonyl (C=O) groups is 1. The monoisotopic (exact) mass is 414 g/mol. The summed E-state index contributed by atoms with van der Waals surface area (Å²) in [4.78, 5) is 33.4. The normalized spacial score (nSPS) is 11.6. The fourth-order valence-corrected chi connectivity index (χ4v) is 3.22. The molecule has 8 nitrogen and oxygen atoms in total. The number of hydrogen-bond donors (Lipinski definition) is 3. The number of rotatable bonds is 6. The van der Waals surface area contributed by atoms with Gasteiger partial charge < -0.3 is 10.6 Å². The van der Waals surface area contributed by atoms with Crippen molar-refractivity contribution >= 4 is 6.03 Å². The highest BCUT2D eigenvalue weighted by Gasteiger charge is 2.12. The van der Waals surface area contributed by atoms with Crippen molar-refractivity contribution in [3.05, 3.63) is 101 Å². The molecule has 156 valence electrons. The van der Waals surface area contributed by atoms with Crippen LogP contribution in [-0.4, -0.2) is 25.8 Å². The zero-order valence-corrected chi connectivity index (χ0v) is 16.9. The smallest absolute Gasteiger partial charge is 0.315 e. The van der Waals surface area contributed by atoms with Gasteiger partial charge in [0.2, 0.25) is 0 Å². The first kappa shape index (κ1) is 20.1. The van der Waals surface area contributed by atoms with Crippen molar-refractivity contribution in [3.63, 3.8) is 0 Å². The summed E-state index contributed by atoms with van der Waals surface area (Å²) in [6.45, 7) is 2.23. The van der Waals surface area contributed by atoms with Gasteiger partial charge in [0, 0.05) is 36.9 Å². The lowest BCUT2D eigenvalue weighted by molar-refractivity contribution is 0.237. The van der Waals surface area contributed by atoms with Crippen LogP contribution in [0.15, 0.2) is 84.2 Å². The molecule has 1 aromatic carbocycles. The fourth-order valence-electron chi connectivity index (χ4n) is 3.22.